The molecular formula is C26H24ClN3O4S. The van der Waals surface area contributed by atoms with E-state index in [9.17, 15) is 14.4 Å². The number of thiophene rings is 1. The van der Waals surface area contributed by atoms with Crippen molar-refractivity contribution in [3.8, 4) is 5.69 Å². The molecule has 7 nitrogen and oxygen atoms in total. The number of carbonyl (C=O) groups excluding carboxylic acids is 1. The Hall–Kier alpha value is -3.20. The first kappa shape index (κ1) is 23.5. The van der Waals surface area contributed by atoms with Crippen LogP contribution in [0.1, 0.15) is 29.9 Å². The molecule has 1 amide bonds. The van der Waals surface area contributed by atoms with E-state index in [1.54, 1.807) is 24.3 Å². The maximum Gasteiger partial charge on any atom is 0.337 e. The molecule has 0 aliphatic carbocycles. The quantitative estimate of drug-likeness (QED) is 0.440. The molecule has 2 aromatic carbocycles. The van der Waals surface area contributed by atoms with Gasteiger partial charge >= 0.3 is 5.69 Å². The fourth-order valence-corrected chi connectivity index (χ4v) is 5.65. The topological polar surface area (TPSA) is 82.3 Å². The third kappa shape index (κ3) is 4.57. The number of nitrogens with one attached hydrogen (secondary N) is 1. The zero-order valence-electron chi connectivity index (χ0n) is 19.3. The van der Waals surface area contributed by atoms with Gasteiger partial charge in [0.1, 0.15) is 11.4 Å². The number of carbonyl (C=O) groups is 1. The zero-order valence-corrected chi connectivity index (χ0v) is 20.9. The summed E-state index contributed by atoms with van der Waals surface area (Å²) in [7, 11) is 0. The molecule has 0 atom stereocenters. The molecule has 180 valence electrons. The van der Waals surface area contributed by atoms with Crippen LogP contribution in [-0.4, -0.2) is 20.6 Å². The third-order valence-corrected chi connectivity index (χ3v) is 7.55. The second kappa shape index (κ2) is 9.11. The Bertz CT molecular complexity index is 1540. The van der Waals surface area contributed by atoms with Crippen LogP contribution in [0.5, 0.6) is 0 Å². The molecule has 1 aliphatic rings. The Morgan fingerprint density at radius 2 is 1.83 bits per heavy atom. The van der Waals surface area contributed by atoms with Crippen molar-refractivity contribution in [2.45, 2.75) is 45.6 Å². The maximum absolute atomic E-state index is 13.7. The fraction of sp³-hybridized carbons (Fsp3) is 0.269. The average molecular weight is 510 g/mol. The number of hydrogen-bond acceptors (Lipinski definition) is 5. The highest BCUT2D eigenvalue weighted by Gasteiger charge is 2.32. The number of amides is 1. The molecule has 0 bridgehead atoms. The molecule has 3 heterocycles. The van der Waals surface area contributed by atoms with Crippen molar-refractivity contribution in [2.75, 3.05) is 0 Å². The van der Waals surface area contributed by atoms with Gasteiger partial charge < -0.3 is 10.1 Å². The van der Waals surface area contributed by atoms with Gasteiger partial charge in [-0.05, 0) is 49.2 Å². The van der Waals surface area contributed by atoms with E-state index in [-0.39, 0.29) is 12.5 Å². The van der Waals surface area contributed by atoms with Crippen LogP contribution in [-0.2, 0) is 35.6 Å². The highest BCUT2D eigenvalue weighted by atomic mass is 35.5. The van der Waals surface area contributed by atoms with Crippen molar-refractivity contribution in [3.63, 3.8) is 0 Å². The summed E-state index contributed by atoms with van der Waals surface area (Å²) in [5.41, 5.74) is 0.827. The number of rotatable bonds is 5. The van der Waals surface area contributed by atoms with Gasteiger partial charge in [0, 0.05) is 22.9 Å². The summed E-state index contributed by atoms with van der Waals surface area (Å²) in [5, 5.41) is 3.83. The van der Waals surface area contributed by atoms with Gasteiger partial charge in [0.05, 0.1) is 23.3 Å². The van der Waals surface area contributed by atoms with Gasteiger partial charge in [0.2, 0.25) is 5.91 Å². The molecule has 0 radical (unpaired) electrons. The molecule has 0 spiro atoms. The van der Waals surface area contributed by atoms with Gasteiger partial charge in [-0.1, -0.05) is 41.9 Å². The monoisotopic (exact) mass is 509 g/mol. The van der Waals surface area contributed by atoms with Crippen molar-refractivity contribution in [1.29, 1.82) is 0 Å². The molecule has 2 aromatic heterocycles. The number of halogens is 1. The summed E-state index contributed by atoms with van der Waals surface area (Å²) in [4.78, 5) is 41.6. The van der Waals surface area contributed by atoms with E-state index >= 15 is 0 Å². The zero-order chi connectivity index (χ0) is 24.7. The predicted octanol–water partition coefficient (Wildman–Crippen LogP) is 4.04. The van der Waals surface area contributed by atoms with Crippen LogP contribution in [0.4, 0.5) is 0 Å². The Balaban J connectivity index is 1.64. The van der Waals surface area contributed by atoms with Crippen LogP contribution < -0.4 is 16.6 Å². The Labute approximate surface area is 210 Å². The normalized spacial score (nSPS) is 14.6. The number of fused-ring (bicyclic) bond motifs is 3. The van der Waals surface area contributed by atoms with E-state index in [1.807, 2.05) is 44.2 Å². The summed E-state index contributed by atoms with van der Waals surface area (Å²) < 4.78 is 8.46. The maximum atomic E-state index is 13.7. The van der Waals surface area contributed by atoms with Crippen molar-refractivity contribution < 1.29 is 9.53 Å². The molecule has 0 saturated carbocycles. The van der Waals surface area contributed by atoms with Gasteiger partial charge in [0.15, 0.2) is 0 Å². The summed E-state index contributed by atoms with van der Waals surface area (Å²) in [6.45, 7) is 4.45. The number of ether oxygens (including phenoxy) is 1. The summed E-state index contributed by atoms with van der Waals surface area (Å²) >= 11 is 7.37. The van der Waals surface area contributed by atoms with Gasteiger partial charge in [-0.15, -0.1) is 11.3 Å². The molecule has 35 heavy (non-hydrogen) atoms. The molecule has 9 heteroatoms. The van der Waals surface area contributed by atoms with Crippen LogP contribution in [0.3, 0.4) is 0 Å². The molecule has 1 aliphatic heterocycles. The van der Waals surface area contributed by atoms with Crippen LogP contribution in [0, 0.1) is 0 Å². The Morgan fingerprint density at radius 1 is 1.11 bits per heavy atom. The highest BCUT2D eigenvalue weighted by Crippen LogP contribution is 2.37. The third-order valence-electron chi connectivity index (χ3n) is 6.07. The van der Waals surface area contributed by atoms with E-state index in [0.29, 0.717) is 40.5 Å². The van der Waals surface area contributed by atoms with E-state index < -0.39 is 16.9 Å². The minimum atomic E-state index is -0.571. The molecule has 0 saturated heterocycles. The van der Waals surface area contributed by atoms with Crippen LogP contribution in [0.15, 0.2) is 64.2 Å². The van der Waals surface area contributed by atoms with Crippen LogP contribution in [0.2, 0.25) is 5.02 Å². The lowest BCUT2D eigenvalue weighted by Crippen LogP contribution is -2.41. The van der Waals surface area contributed by atoms with Crippen molar-refractivity contribution in [1.82, 2.24) is 14.5 Å². The second-order valence-electron chi connectivity index (χ2n) is 9.16. The smallest absolute Gasteiger partial charge is 0.337 e. The largest absolute Gasteiger partial charge is 0.370 e. The first-order chi connectivity index (χ1) is 16.7. The first-order valence-electron chi connectivity index (χ1n) is 11.2. The molecule has 1 N–H and O–H groups in total. The van der Waals surface area contributed by atoms with Crippen LogP contribution >= 0.6 is 22.9 Å². The lowest BCUT2D eigenvalue weighted by atomic mass is 9.94. The summed E-state index contributed by atoms with van der Waals surface area (Å²) in [6, 6.07) is 16.1. The van der Waals surface area contributed by atoms with Gasteiger partial charge in [-0.2, -0.15) is 0 Å². The molecule has 5 rings (SSSR count). The molecule has 0 unspecified atom stereocenters. The Morgan fingerprint density at radius 3 is 2.54 bits per heavy atom. The number of nitrogens with zero attached hydrogens (tertiary/aromatic N) is 2. The SMILES string of the molecule is CC1(C)Cc2c(sc3c2c(=O)n(-c2ccc(Cl)cc2)c(=O)n3CC(=O)NCc2ccccc2)CO1. The molecule has 0 fully saturated rings. The van der Waals surface area contributed by atoms with Crippen molar-refractivity contribution in [2.24, 2.45) is 0 Å². The molecular weight excluding hydrogens is 486 g/mol. The second-order valence-corrected chi connectivity index (χ2v) is 10.7. The Kier molecular flexibility index (Phi) is 6.13. The van der Waals surface area contributed by atoms with Gasteiger partial charge in [-0.3, -0.25) is 14.2 Å². The lowest BCUT2D eigenvalue weighted by Gasteiger charge is -2.29. The highest BCUT2D eigenvalue weighted by molar-refractivity contribution is 7.18. The van der Waals surface area contributed by atoms with E-state index in [0.717, 1.165) is 20.6 Å². The van der Waals surface area contributed by atoms with Crippen molar-refractivity contribution >= 4 is 39.1 Å². The summed E-state index contributed by atoms with van der Waals surface area (Å²) in [6.07, 6.45) is 0.538. The molecule has 4 aromatic rings. The minimum absolute atomic E-state index is 0.209. The lowest BCUT2D eigenvalue weighted by molar-refractivity contribution is -0.121. The number of aromatic nitrogens is 2. The van der Waals surface area contributed by atoms with E-state index in [4.69, 9.17) is 16.3 Å². The van der Waals surface area contributed by atoms with Gasteiger partial charge in [0.25, 0.3) is 5.56 Å². The fourth-order valence-electron chi connectivity index (χ4n) is 4.31. The van der Waals surface area contributed by atoms with Crippen molar-refractivity contribution in [3.05, 3.63) is 96.5 Å². The number of hydrogen-bond donors (Lipinski definition) is 1. The van der Waals surface area contributed by atoms with Gasteiger partial charge in [-0.25, -0.2) is 9.36 Å². The van der Waals surface area contributed by atoms with E-state index in [2.05, 4.69) is 5.32 Å². The van der Waals surface area contributed by atoms with E-state index in [1.165, 1.54) is 15.9 Å². The standard InChI is InChI=1S/C26H24ClN3O4S/c1-26(2)12-19-20(15-34-26)35-24-22(19)23(32)30(18-10-8-17(27)9-11-18)25(33)29(24)14-21(31)28-13-16-6-4-3-5-7-16/h3-11H,12-15H2,1-2H3,(H,28,31). The average Bonchev–Trinajstić information content (AvgIpc) is 3.20. The minimum Gasteiger partial charge on any atom is -0.370 e. The van der Waals surface area contributed by atoms with Crippen LogP contribution in [0.25, 0.3) is 15.9 Å². The number of benzene rings is 2. The predicted molar refractivity (Wildman–Crippen MR) is 138 cm³/mol. The summed E-state index contributed by atoms with van der Waals surface area (Å²) in [5.74, 6) is -0.318. The first-order valence-corrected chi connectivity index (χ1v) is 12.4.